The first-order valence-electron chi connectivity index (χ1n) is 6.95. The van der Waals surface area contributed by atoms with Gasteiger partial charge in [0.2, 0.25) is 0 Å². The SMILES string of the molecule is CCOC(=O)C(=O)C1CCOc2c(C)cc(C)cc2C1=O. The van der Waals surface area contributed by atoms with Crippen molar-refractivity contribution in [2.75, 3.05) is 13.2 Å². The number of rotatable bonds is 3. The van der Waals surface area contributed by atoms with E-state index in [1.807, 2.05) is 19.9 Å². The molecule has 21 heavy (non-hydrogen) atoms. The highest BCUT2D eigenvalue weighted by Crippen LogP contribution is 2.31. The monoisotopic (exact) mass is 290 g/mol. The molecule has 0 spiro atoms. The van der Waals surface area contributed by atoms with Crippen LogP contribution in [0.2, 0.25) is 0 Å². The maximum Gasteiger partial charge on any atom is 0.375 e. The number of hydrogen-bond acceptors (Lipinski definition) is 5. The van der Waals surface area contributed by atoms with Gasteiger partial charge in [0.15, 0.2) is 5.78 Å². The molecule has 0 fully saturated rings. The van der Waals surface area contributed by atoms with Crippen LogP contribution >= 0.6 is 0 Å². The summed E-state index contributed by atoms with van der Waals surface area (Å²) in [6.45, 7) is 5.67. The van der Waals surface area contributed by atoms with Gasteiger partial charge in [-0.15, -0.1) is 0 Å². The Labute approximate surface area is 123 Å². The number of hydrogen-bond donors (Lipinski definition) is 0. The number of esters is 1. The van der Waals surface area contributed by atoms with Gasteiger partial charge in [0.25, 0.3) is 5.78 Å². The number of ketones is 2. The molecule has 0 aliphatic carbocycles. The largest absolute Gasteiger partial charge is 0.493 e. The Morgan fingerprint density at radius 1 is 1.33 bits per heavy atom. The van der Waals surface area contributed by atoms with E-state index in [2.05, 4.69) is 0 Å². The Hall–Kier alpha value is -2.17. The summed E-state index contributed by atoms with van der Waals surface area (Å²) in [4.78, 5) is 36.2. The molecule has 0 saturated carbocycles. The van der Waals surface area contributed by atoms with Crippen LogP contribution in [0.1, 0.15) is 34.8 Å². The number of carbonyl (C=O) groups is 3. The number of aryl methyl sites for hydroxylation is 2. The molecule has 5 heteroatoms. The van der Waals surface area contributed by atoms with E-state index in [0.29, 0.717) is 11.3 Å². The highest BCUT2D eigenvalue weighted by atomic mass is 16.5. The lowest BCUT2D eigenvalue weighted by atomic mass is 9.90. The first-order chi connectivity index (χ1) is 9.95. The topological polar surface area (TPSA) is 69.7 Å². The third-order valence-corrected chi connectivity index (χ3v) is 3.45. The van der Waals surface area contributed by atoms with Crippen LogP contribution in [-0.4, -0.2) is 30.7 Å². The number of Topliss-reactive ketones (excluding diaryl/α,β-unsaturated/α-hetero) is 2. The van der Waals surface area contributed by atoms with Crippen molar-refractivity contribution < 1.29 is 23.9 Å². The van der Waals surface area contributed by atoms with Crippen LogP contribution in [0.25, 0.3) is 0 Å². The number of ether oxygens (including phenoxy) is 2. The van der Waals surface area contributed by atoms with Crippen molar-refractivity contribution in [1.82, 2.24) is 0 Å². The van der Waals surface area contributed by atoms with Crippen LogP contribution in [0.15, 0.2) is 12.1 Å². The van der Waals surface area contributed by atoms with E-state index in [1.54, 1.807) is 13.0 Å². The molecule has 1 unspecified atom stereocenters. The van der Waals surface area contributed by atoms with E-state index >= 15 is 0 Å². The van der Waals surface area contributed by atoms with E-state index in [-0.39, 0.29) is 25.4 Å². The van der Waals surface area contributed by atoms with Crippen LogP contribution in [0, 0.1) is 19.8 Å². The van der Waals surface area contributed by atoms with Crippen LogP contribution in [-0.2, 0) is 14.3 Å². The molecular weight excluding hydrogens is 272 g/mol. The van der Waals surface area contributed by atoms with Gasteiger partial charge in [0, 0.05) is 0 Å². The summed E-state index contributed by atoms with van der Waals surface area (Å²) in [7, 11) is 0. The van der Waals surface area contributed by atoms with Crippen molar-refractivity contribution in [3.05, 3.63) is 28.8 Å². The summed E-state index contributed by atoms with van der Waals surface area (Å²) in [5.74, 6) is -2.63. The fourth-order valence-electron chi connectivity index (χ4n) is 2.52. The van der Waals surface area contributed by atoms with Crippen molar-refractivity contribution in [3.63, 3.8) is 0 Å². The predicted octanol–water partition coefficient (Wildman–Crippen LogP) is 2.02. The van der Waals surface area contributed by atoms with Crippen molar-refractivity contribution in [1.29, 1.82) is 0 Å². The fourth-order valence-corrected chi connectivity index (χ4v) is 2.52. The van der Waals surface area contributed by atoms with Crippen molar-refractivity contribution in [2.24, 2.45) is 5.92 Å². The minimum absolute atomic E-state index is 0.108. The molecule has 1 aromatic carbocycles. The summed E-state index contributed by atoms with van der Waals surface area (Å²) in [6.07, 6.45) is 0.184. The zero-order chi connectivity index (χ0) is 15.6. The summed E-state index contributed by atoms with van der Waals surface area (Å²) >= 11 is 0. The molecule has 2 rings (SSSR count). The minimum atomic E-state index is -1.02. The quantitative estimate of drug-likeness (QED) is 0.484. The molecule has 0 N–H and O–H groups in total. The Bertz CT molecular complexity index is 603. The Kier molecular flexibility index (Phi) is 4.40. The molecule has 1 aromatic rings. The lowest BCUT2D eigenvalue weighted by Gasteiger charge is -2.12. The molecule has 1 heterocycles. The zero-order valence-corrected chi connectivity index (χ0v) is 12.4. The number of benzene rings is 1. The van der Waals surface area contributed by atoms with Crippen LogP contribution in [0.3, 0.4) is 0 Å². The summed E-state index contributed by atoms with van der Waals surface area (Å²) in [6, 6.07) is 3.61. The van der Waals surface area contributed by atoms with Gasteiger partial charge in [-0.05, 0) is 44.4 Å². The average Bonchev–Trinajstić information content (AvgIpc) is 2.59. The second kappa shape index (κ2) is 6.08. The maximum atomic E-state index is 12.6. The van der Waals surface area contributed by atoms with Crippen molar-refractivity contribution >= 4 is 17.5 Å². The molecule has 1 atom stereocenters. The molecule has 5 nitrogen and oxygen atoms in total. The van der Waals surface area contributed by atoms with Crippen LogP contribution in [0.5, 0.6) is 5.75 Å². The van der Waals surface area contributed by atoms with Crippen LogP contribution < -0.4 is 4.74 Å². The third kappa shape index (κ3) is 2.96. The predicted molar refractivity (Wildman–Crippen MR) is 75.5 cm³/mol. The molecule has 112 valence electrons. The maximum absolute atomic E-state index is 12.6. The van der Waals surface area contributed by atoms with Gasteiger partial charge in [-0.3, -0.25) is 9.59 Å². The Morgan fingerprint density at radius 2 is 2.05 bits per heavy atom. The first-order valence-corrected chi connectivity index (χ1v) is 6.95. The van der Waals surface area contributed by atoms with E-state index in [1.165, 1.54) is 0 Å². The minimum Gasteiger partial charge on any atom is -0.493 e. The van der Waals surface area contributed by atoms with E-state index in [9.17, 15) is 14.4 Å². The highest BCUT2D eigenvalue weighted by Gasteiger charge is 2.36. The lowest BCUT2D eigenvalue weighted by molar-refractivity contribution is -0.154. The van der Waals surface area contributed by atoms with E-state index in [4.69, 9.17) is 9.47 Å². The molecule has 0 radical (unpaired) electrons. The molecule has 1 aliphatic rings. The molecular formula is C16H18O5. The standard InChI is InChI=1S/C16H18O5/c1-4-20-16(19)14(18)11-5-6-21-15-10(3)7-9(2)8-12(15)13(11)17/h7-8,11H,4-6H2,1-3H3. The smallest absolute Gasteiger partial charge is 0.375 e. The Balaban J connectivity index is 2.38. The van der Waals surface area contributed by atoms with Crippen LogP contribution in [0.4, 0.5) is 0 Å². The summed E-state index contributed by atoms with van der Waals surface area (Å²) < 4.78 is 10.3. The van der Waals surface area contributed by atoms with Crippen molar-refractivity contribution in [2.45, 2.75) is 27.2 Å². The molecule has 1 aliphatic heterocycles. The fraction of sp³-hybridized carbons (Fsp3) is 0.438. The van der Waals surface area contributed by atoms with Gasteiger partial charge in [-0.25, -0.2) is 4.79 Å². The third-order valence-electron chi connectivity index (χ3n) is 3.45. The summed E-state index contributed by atoms with van der Waals surface area (Å²) in [5.41, 5.74) is 2.13. The molecule has 0 amide bonds. The Morgan fingerprint density at radius 3 is 2.71 bits per heavy atom. The molecule has 0 bridgehead atoms. The number of carbonyl (C=O) groups excluding carboxylic acids is 3. The zero-order valence-electron chi connectivity index (χ0n) is 12.4. The second-order valence-electron chi connectivity index (χ2n) is 5.10. The van der Waals surface area contributed by atoms with Gasteiger partial charge >= 0.3 is 5.97 Å². The van der Waals surface area contributed by atoms with E-state index in [0.717, 1.165) is 11.1 Å². The van der Waals surface area contributed by atoms with Gasteiger partial charge in [-0.1, -0.05) is 6.07 Å². The summed E-state index contributed by atoms with van der Waals surface area (Å²) in [5, 5.41) is 0. The van der Waals surface area contributed by atoms with E-state index < -0.39 is 17.7 Å². The second-order valence-corrected chi connectivity index (χ2v) is 5.10. The highest BCUT2D eigenvalue weighted by molar-refractivity contribution is 6.39. The number of fused-ring (bicyclic) bond motifs is 1. The van der Waals surface area contributed by atoms with Crippen molar-refractivity contribution in [3.8, 4) is 5.75 Å². The molecule has 0 saturated heterocycles. The van der Waals surface area contributed by atoms with Gasteiger partial charge in [-0.2, -0.15) is 0 Å². The lowest BCUT2D eigenvalue weighted by Crippen LogP contribution is -2.31. The van der Waals surface area contributed by atoms with Gasteiger partial charge in [0.1, 0.15) is 5.75 Å². The average molecular weight is 290 g/mol. The van der Waals surface area contributed by atoms with Gasteiger partial charge < -0.3 is 9.47 Å². The normalized spacial score (nSPS) is 17.5. The first kappa shape index (κ1) is 15.2. The molecule has 0 aromatic heterocycles. The van der Waals surface area contributed by atoms with Gasteiger partial charge in [0.05, 0.1) is 24.7 Å².